The largest absolute Gasteiger partial charge is 0.326 e. The smallest absolute Gasteiger partial charge is 0.0438 e. The van der Waals surface area contributed by atoms with Crippen LogP contribution in [0, 0.1) is 0 Å². The van der Waals surface area contributed by atoms with Crippen LogP contribution in [0.4, 0.5) is 0 Å². The summed E-state index contributed by atoms with van der Waals surface area (Å²) in [7, 11) is 0. The van der Waals surface area contributed by atoms with Gasteiger partial charge in [-0.15, -0.1) is 24.8 Å². The monoisotopic (exact) mass is 234 g/mol. The molecule has 0 spiro atoms. The fourth-order valence-corrected chi connectivity index (χ4v) is 1.89. The minimum absolute atomic E-state index is 0. The van der Waals surface area contributed by atoms with E-state index in [0.29, 0.717) is 6.54 Å². The van der Waals surface area contributed by atoms with Crippen molar-refractivity contribution in [3.8, 4) is 0 Å². The molecule has 0 atom stereocenters. The van der Waals surface area contributed by atoms with Gasteiger partial charge in [0.05, 0.1) is 0 Å². The zero-order chi connectivity index (χ0) is 8.39. The molecule has 2 N–H and O–H groups in total. The molecule has 1 aromatic heterocycles. The second-order valence-electron chi connectivity index (χ2n) is 3.31. The molecule has 1 aromatic rings. The van der Waals surface area contributed by atoms with E-state index in [-0.39, 0.29) is 24.8 Å². The van der Waals surface area contributed by atoms with Crippen molar-refractivity contribution in [3.05, 3.63) is 29.1 Å². The standard InChI is InChI=1S/C10H14N2.2ClH/c11-7-8-5-6-12-10-4-2-1-3-9(8)10;;/h5-6H,1-4,7,11H2;2*1H. The number of hydrogen-bond acceptors (Lipinski definition) is 2. The van der Waals surface area contributed by atoms with Crippen LogP contribution < -0.4 is 5.73 Å². The maximum atomic E-state index is 5.65. The predicted molar refractivity (Wildman–Crippen MR) is 63.3 cm³/mol. The third kappa shape index (κ3) is 2.59. The van der Waals surface area contributed by atoms with E-state index < -0.39 is 0 Å². The third-order valence-corrected chi connectivity index (χ3v) is 2.55. The highest BCUT2D eigenvalue weighted by atomic mass is 35.5. The van der Waals surface area contributed by atoms with Crippen LogP contribution in [0.3, 0.4) is 0 Å². The second-order valence-corrected chi connectivity index (χ2v) is 3.31. The summed E-state index contributed by atoms with van der Waals surface area (Å²) in [6.07, 6.45) is 6.78. The lowest BCUT2D eigenvalue weighted by molar-refractivity contribution is 0.660. The van der Waals surface area contributed by atoms with Crippen molar-refractivity contribution < 1.29 is 0 Å². The van der Waals surface area contributed by atoms with E-state index in [0.717, 1.165) is 6.42 Å². The number of halogens is 2. The molecule has 2 nitrogen and oxygen atoms in total. The number of aromatic nitrogens is 1. The number of nitrogens with zero attached hydrogens (tertiary/aromatic N) is 1. The van der Waals surface area contributed by atoms with Crippen molar-refractivity contribution in [2.75, 3.05) is 0 Å². The minimum atomic E-state index is 0. The van der Waals surface area contributed by atoms with Gasteiger partial charge in [0.15, 0.2) is 0 Å². The lowest BCUT2D eigenvalue weighted by Gasteiger charge is -2.16. The zero-order valence-corrected chi connectivity index (χ0v) is 9.66. The maximum Gasteiger partial charge on any atom is 0.0438 e. The number of pyridine rings is 1. The van der Waals surface area contributed by atoms with Crippen LogP contribution in [-0.2, 0) is 19.4 Å². The van der Waals surface area contributed by atoms with Gasteiger partial charge in [-0.2, -0.15) is 0 Å². The molecule has 0 radical (unpaired) electrons. The van der Waals surface area contributed by atoms with E-state index in [4.69, 9.17) is 5.73 Å². The molecule has 2 rings (SSSR count). The Bertz CT molecular complexity index is 275. The Hall–Kier alpha value is -0.310. The lowest BCUT2D eigenvalue weighted by Crippen LogP contribution is -2.10. The van der Waals surface area contributed by atoms with Gasteiger partial charge in [0.25, 0.3) is 0 Å². The van der Waals surface area contributed by atoms with Crippen molar-refractivity contribution >= 4 is 24.8 Å². The first-order valence-electron chi connectivity index (χ1n) is 4.57. The van der Waals surface area contributed by atoms with Gasteiger partial charge < -0.3 is 5.73 Å². The van der Waals surface area contributed by atoms with Crippen molar-refractivity contribution in [2.24, 2.45) is 5.73 Å². The predicted octanol–water partition coefficient (Wildman–Crippen LogP) is 2.26. The SMILES string of the molecule is Cl.Cl.NCc1ccnc2c1CCCC2. The molecule has 0 bridgehead atoms. The molecule has 14 heavy (non-hydrogen) atoms. The summed E-state index contributed by atoms with van der Waals surface area (Å²) in [6, 6.07) is 2.05. The number of aryl methyl sites for hydroxylation is 1. The van der Waals surface area contributed by atoms with Crippen LogP contribution >= 0.6 is 24.8 Å². The van der Waals surface area contributed by atoms with E-state index in [1.165, 1.54) is 36.1 Å². The quantitative estimate of drug-likeness (QED) is 0.810. The first-order valence-corrected chi connectivity index (χ1v) is 4.57. The number of hydrogen-bond donors (Lipinski definition) is 1. The number of rotatable bonds is 1. The molecule has 80 valence electrons. The van der Waals surface area contributed by atoms with Gasteiger partial charge in [-0.25, -0.2) is 0 Å². The molecule has 0 aliphatic heterocycles. The Morgan fingerprint density at radius 2 is 1.93 bits per heavy atom. The second kappa shape index (κ2) is 6.23. The molecule has 0 saturated carbocycles. The van der Waals surface area contributed by atoms with Crippen molar-refractivity contribution in [1.82, 2.24) is 4.98 Å². The van der Waals surface area contributed by atoms with Gasteiger partial charge in [-0.05, 0) is 42.9 Å². The van der Waals surface area contributed by atoms with Gasteiger partial charge in [-0.3, -0.25) is 4.98 Å². The number of nitrogens with two attached hydrogens (primary N) is 1. The zero-order valence-electron chi connectivity index (χ0n) is 8.03. The molecule has 1 heterocycles. The fourth-order valence-electron chi connectivity index (χ4n) is 1.89. The molecule has 0 unspecified atom stereocenters. The topological polar surface area (TPSA) is 38.9 Å². The van der Waals surface area contributed by atoms with Gasteiger partial charge in [0.2, 0.25) is 0 Å². The molecular weight excluding hydrogens is 219 g/mol. The van der Waals surface area contributed by atoms with Crippen LogP contribution in [0.25, 0.3) is 0 Å². The van der Waals surface area contributed by atoms with E-state index >= 15 is 0 Å². The Kier molecular flexibility index (Phi) is 6.09. The summed E-state index contributed by atoms with van der Waals surface area (Å²) in [4.78, 5) is 4.37. The average Bonchev–Trinajstić information content (AvgIpc) is 2.17. The minimum Gasteiger partial charge on any atom is -0.326 e. The average molecular weight is 235 g/mol. The summed E-state index contributed by atoms with van der Waals surface area (Å²) in [5, 5.41) is 0. The Morgan fingerprint density at radius 3 is 2.64 bits per heavy atom. The van der Waals surface area contributed by atoms with E-state index in [2.05, 4.69) is 4.98 Å². The Morgan fingerprint density at radius 1 is 1.21 bits per heavy atom. The van der Waals surface area contributed by atoms with Crippen LogP contribution in [0.2, 0.25) is 0 Å². The Balaban J connectivity index is 0.000000845. The van der Waals surface area contributed by atoms with E-state index in [9.17, 15) is 0 Å². The maximum absolute atomic E-state index is 5.65. The van der Waals surface area contributed by atoms with Crippen molar-refractivity contribution in [3.63, 3.8) is 0 Å². The molecular formula is C10H16Cl2N2. The lowest BCUT2D eigenvalue weighted by atomic mass is 9.92. The highest BCUT2D eigenvalue weighted by Gasteiger charge is 2.12. The highest BCUT2D eigenvalue weighted by molar-refractivity contribution is 5.85. The molecule has 1 aliphatic rings. The molecule has 0 saturated heterocycles. The first kappa shape index (κ1) is 13.7. The van der Waals surface area contributed by atoms with Crippen LogP contribution in [0.15, 0.2) is 12.3 Å². The van der Waals surface area contributed by atoms with Crippen LogP contribution in [0.5, 0.6) is 0 Å². The van der Waals surface area contributed by atoms with E-state index in [1.54, 1.807) is 0 Å². The normalized spacial score (nSPS) is 13.5. The van der Waals surface area contributed by atoms with Crippen molar-refractivity contribution in [2.45, 2.75) is 32.2 Å². The highest BCUT2D eigenvalue weighted by Crippen LogP contribution is 2.21. The van der Waals surface area contributed by atoms with Crippen LogP contribution in [0.1, 0.15) is 29.7 Å². The molecule has 0 amide bonds. The Labute approximate surface area is 97.1 Å². The van der Waals surface area contributed by atoms with E-state index in [1.807, 2.05) is 12.3 Å². The fraction of sp³-hybridized carbons (Fsp3) is 0.500. The van der Waals surface area contributed by atoms with Crippen LogP contribution in [-0.4, -0.2) is 4.98 Å². The summed E-state index contributed by atoms with van der Waals surface area (Å²) in [6.45, 7) is 0.658. The van der Waals surface area contributed by atoms with Gasteiger partial charge >= 0.3 is 0 Å². The first-order chi connectivity index (χ1) is 5.92. The van der Waals surface area contributed by atoms with Gasteiger partial charge in [-0.1, -0.05) is 0 Å². The molecule has 4 heteroatoms. The van der Waals surface area contributed by atoms with Crippen molar-refractivity contribution in [1.29, 1.82) is 0 Å². The summed E-state index contributed by atoms with van der Waals surface area (Å²) in [5.41, 5.74) is 9.64. The summed E-state index contributed by atoms with van der Waals surface area (Å²) >= 11 is 0. The van der Waals surface area contributed by atoms with Gasteiger partial charge in [0.1, 0.15) is 0 Å². The number of fused-ring (bicyclic) bond motifs is 1. The molecule has 0 aromatic carbocycles. The van der Waals surface area contributed by atoms with Gasteiger partial charge in [0, 0.05) is 18.4 Å². The third-order valence-electron chi connectivity index (χ3n) is 2.55. The molecule has 1 aliphatic carbocycles. The summed E-state index contributed by atoms with van der Waals surface area (Å²) < 4.78 is 0. The molecule has 0 fully saturated rings. The summed E-state index contributed by atoms with van der Waals surface area (Å²) in [5.74, 6) is 0.